The van der Waals surface area contributed by atoms with E-state index in [2.05, 4.69) is 0 Å². The number of nitrogens with zero attached hydrogens (tertiary/aromatic N) is 1. The molecule has 1 fully saturated rings. The van der Waals surface area contributed by atoms with E-state index in [0.717, 1.165) is 5.56 Å². The molecule has 132 valence electrons. The molecule has 1 heterocycles. The van der Waals surface area contributed by atoms with Crippen molar-refractivity contribution in [3.63, 3.8) is 0 Å². The van der Waals surface area contributed by atoms with E-state index < -0.39 is 17.7 Å². The molecule has 0 aromatic heterocycles. The van der Waals surface area contributed by atoms with Gasteiger partial charge in [0, 0.05) is 0 Å². The maximum absolute atomic E-state index is 12.7. The van der Waals surface area contributed by atoms with Crippen molar-refractivity contribution in [1.29, 1.82) is 0 Å². The van der Waals surface area contributed by atoms with Crippen LogP contribution < -0.4 is 0 Å². The van der Waals surface area contributed by atoms with E-state index >= 15 is 0 Å². The molecule has 2 atom stereocenters. The number of benzene rings is 1. The highest BCUT2D eigenvalue weighted by molar-refractivity contribution is 5.82. The number of hydrogen-bond donors (Lipinski definition) is 0. The fourth-order valence-electron chi connectivity index (χ4n) is 2.92. The summed E-state index contributed by atoms with van der Waals surface area (Å²) in [6.07, 6.45) is 0.596. The maximum Gasteiger partial charge on any atom is 0.411 e. The van der Waals surface area contributed by atoms with Crippen LogP contribution in [0, 0.1) is 0 Å². The van der Waals surface area contributed by atoms with Crippen molar-refractivity contribution in [1.82, 2.24) is 4.90 Å². The number of hydrogen-bond acceptors (Lipinski definition) is 4. The van der Waals surface area contributed by atoms with E-state index in [4.69, 9.17) is 9.47 Å². The molecule has 0 saturated carbocycles. The molecule has 5 nitrogen and oxygen atoms in total. The Kier molecular flexibility index (Phi) is 5.52. The van der Waals surface area contributed by atoms with Crippen LogP contribution in [-0.2, 0) is 14.3 Å². The summed E-state index contributed by atoms with van der Waals surface area (Å²) < 4.78 is 10.9. The van der Waals surface area contributed by atoms with E-state index in [0.29, 0.717) is 12.8 Å². The summed E-state index contributed by atoms with van der Waals surface area (Å²) in [5.74, 6) is -0.366. The molecular weight excluding hydrogens is 306 g/mol. The molecule has 2 rings (SSSR count). The van der Waals surface area contributed by atoms with Gasteiger partial charge in [0.25, 0.3) is 0 Å². The van der Waals surface area contributed by atoms with Gasteiger partial charge in [-0.3, -0.25) is 4.90 Å². The SMILES string of the molecule is CC(C)OC(=O)C1CCC(c2ccccc2)N1C(=O)OC(C)(C)C. The van der Waals surface area contributed by atoms with E-state index in [1.54, 1.807) is 18.7 Å². The van der Waals surface area contributed by atoms with Crippen molar-refractivity contribution in [3.8, 4) is 0 Å². The van der Waals surface area contributed by atoms with Crippen LogP contribution >= 0.6 is 0 Å². The second kappa shape index (κ2) is 7.24. The fourth-order valence-corrected chi connectivity index (χ4v) is 2.92. The van der Waals surface area contributed by atoms with Crippen molar-refractivity contribution < 1.29 is 19.1 Å². The van der Waals surface area contributed by atoms with E-state index in [-0.39, 0.29) is 18.1 Å². The first kappa shape index (κ1) is 18.3. The highest BCUT2D eigenvalue weighted by atomic mass is 16.6. The highest BCUT2D eigenvalue weighted by Gasteiger charge is 2.44. The predicted molar refractivity (Wildman–Crippen MR) is 91.5 cm³/mol. The topological polar surface area (TPSA) is 55.8 Å². The van der Waals surface area contributed by atoms with Crippen LogP contribution in [0.4, 0.5) is 4.79 Å². The summed E-state index contributed by atoms with van der Waals surface area (Å²) in [4.78, 5) is 26.7. The Bertz CT molecular complexity index is 577. The Morgan fingerprint density at radius 3 is 2.29 bits per heavy atom. The summed E-state index contributed by atoms with van der Waals surface area (Å²) >= 11 is 0. The first-order valence-corrected chi connectivity index (χ1v) is 8.46. The quantitative estimate of drug-likeness (QED) is 0.782. The number of likely N-dealkylation sites (tertiary alicyclic amines) is 1. The molecule has 1 saturated heterocycles. The zero-order chi connectivity index (χ0) is 17.9. The third kappa shape index (κ3) is 4.49. The van der Waals surface area contributed by atoms with Gasteiger partial charge in [-0.05, 0) is 53.0 Å². The molecule has 2 unspecified atom stereocenters. The van der Waals surface area contributed by atoms with Gasteiger partial charge in [0.2, 0.25) is 0 Å². The van der Waals surface area contributed by atoms with Crippen LogP contribution in [0.3, 0.4) is 0 Å². The van der Waals surface area contributed by atoms with Crippen LogP contribution in [0.2, 0.25) is 0 Å². The minimum atomic E-state index is -0.618. The summed E-state index contributed by atoms with van der Waals surface area (Å²) in [6, 6.07) is 8.96. The molecule has 1 aliphatic rings. The third-order valence-corrected chi connectivity index (χ3v) is 3.80. The molecule has 24 heavy (non-hydrogen) atoms. The molecule has 1 amide bonds. The normalized spacial score (nSPS) is 21.0. The van der Waals surface area contributed by atoms with Gasteiger partial charge >= 0.3 is 12.1 Å². The smallest absolute Gasteiger partial charge is 0.411 e. The Labute approximate surface area is 143 Å². The minimum absolute atomic E-state index is 0.175. The summed E-state index contributed by atoms with van der Waals surface area (Å²) in [5.41, 5.74) is 0.385. The molecule has 1 aromatic rings. The summed E-state index contributed by atoms with van der Waals surface area (Å²) in [7, 11) is 0. The van der Waals surface area contributed by atoms with Gasteiger partial charge in [0.05, 0.1) is 12.1 Å². The van der Waals surface area contributed by atoms with E-state index in [1.807, 2.05) is 51.1 Å². The number of carbonyl (C=O) groups excluding carboxylic acids is 2. The Morgan fingerprint density at radius 1 is 1.12 bits per heavy atom. The summed E-state index contributed by atoms with van der Waals surface area (Å²) in [5, 5.41) is 0. The van der Waals surface area contributed by atoms with Crippen LogP contribution in [0.5, 0.6) is 0 Å². The van der Waals surface area contributed by atoms with Crippen LogP contribution in [0.25, 0.3) is 0 Å². The lowest BCUT2D eigenvalue weighted by Gasteiger charge is -2.32. The van der Waals surface area contributed by atoms with Gasteiger partial charge in [-0.15, -0.1) is 0 Å². The Morgan fingerprint density at radius 2 is 1.75 bits per heavy atom. The largest absolute Gasteiger partial charge is 0.461 e. The van der Waals surface area contributed by atoms with E-state index in [1.165, 1.54) is 0 Å². The van der Waals surface area contributed by atoms with Gasteiger partial charge in [-0.25, -0.2) is 9.59 Å². The molecule has 1 aliphatic heterocycles. The standard InChI is InChI=1S/C19H27NO4/c1-13(2)23-17(21)16-12-11-15(14-9-7-6-8-10-14)20(16)18(22)24-19(3,4)5/h6-10,13,15-16H,11-12H2,1-5H3. The second-order valence-electron chi connectivity index (χ2n) is 7.39. The number of carbonyl (C=O) groups is 2. The number of esters is 1. The van der Waals surface area contributed by atoms with Gasteiger partial charge < -0.3 is 9.47 Å². The van der Waals surface area contributed by atoms with Crippen molar-refractivity contribution in [2.45, 2.75) is 71.2 Å². The second-order valence-corrected chi connectivity index (χ2v) is 7.39. The van der Waals surface area contributed by atoms with Crippen molar-refractivity contribution in [2.75, 3.05) is 0 Å². The van der Waals surface area contributed by atoms with Gasteiger partial charge in [0.15, 0.2) is 0 Å². The molecule has 0 N–H and O–H groups in total. The highest BCUT2D eigenvalue weighted by Crippen LogP contribution is 2.37. The molecule has 0 aliphatic carbocycles. The lowest BCUT2D eigenvalue weighted by Crippen LogP contribution is -2.45. The van der Waals surface area contributed by atoms with Gasteiger partial charge in [0.1, 0.15) is 11.6 Å². The first-order chi connectivity index (χ1) is 11.2. The lowest BCUT2D eigenvalue weighted by molar-refractivity contribution is -0.153. The minimum Gasteiger partial charge on any atom is -0.461 e. The van der Waals surface area contributed by atoms with Crippen molar-refractivity contribution >= 4 is 12.1 Å². The van der Waals surface area contributed by atoms with Crippen molar-refractivity contribution in [2.24, 2.45) is 0 Å². The zero-order valence-corrected chi connectivity index (χ0v) is 15.1. The third-order valence-electron chi connectivity index (χ3n) is 3.80. The Balaban J connectivity index is 2.28. The monoisotopic (exact) mass is 333 g/mol. The Hall–Kier alpha value is -2.04. The predicted octanol–water partition coefficient (Wildman–Crippen LogP) is 4.08. The van der Waals surface area contributed by atoms with Crippen molar-refractivity contribution in [3.05, 3.63) is 35.9 Å². The molecule has 0 radical (unpaired) electrons. The number of amides is 1. The lowest BCUT2D eigenvalue weighted by atomic mass is 10.1. The van der Waals surface area contributed by atoms with Gasteiger partial charge in [-0.2, -0.15) is 0 Å². The first-order valence-electron chi connectivity index (χ1n) is 8.46. The molecule has 0 spiro atoms. The van der Waals surface area contributed by atoms with Crippen LogP contribution in [0.1, 0.15) is 59.1 Å². The fraction of sp³-hybridized carbons (Fsp3) is 0.579. The summed E-state index contributed by atoms with van der Waals surface area (Å²) in [6.45, 7) is 9.07. The molecular formula is C19H27NO4. The number of rotatable bonds is 3. The zero-order valence-electron chi connectivity index (χ0n) is 15.1. The molecule has 1 aromatic carbocycles. The van der Waals surface area contributed by atoms with Crippen LogP contribution in [-0.4, -0.2) is 34.7 Å². The van der Waals surface area contributed by atoms with Crippen LogP contribution in [0.15, 0.2) is 30.3 Å². The molecule has 0 bridgehead atoms. The van der Waals surface area contributed by atoms with Gasteiger partial charge in [-0.1, -0.05) is 30.3 Å². The number of ether oxygens (including phenoxy) is 2. The average Bonchev–Trinajstić information content (AvgIpc) is 2.90. The van der Waals surface area contributed by atoms with E-state index in [9.17, 15) is 9.59 Å². The maximum atomic E-state index is 12.7. The average molecular weight is 333 g/mol. The molecule has 5 heteroatoms.